The van der Waals surface area contributed by atoms with Gasteiger partial charge in [0.2, 0.25) is 0 Å². The van der Waals surface area contributed by atoms with Gasteiger partial charge in [0.05, 0.1) is 22.9 Å². The first-order valence-electron chi connectivity index (χ1n) is 5.82. The van der Waals surface area contributed by atoms with Gasteiger partial charge in [-0.2, -0.15) is 0 Å². The van der Waals surface area contributed by atoms with Crippen molar-refractivity contribution in [3.8, 4) is 0 Å². The lowest BCUT2D eigenvalue weighted by molar-refractivity contribution is -0.145. The van der Waals surface area contributed by atoms with E-state index < -0.39 is 23.7 Å². The zero-order chi connectivity index (χ0) is 14.2. The molecule has 1 aromatic carbocycles. The number of anilines is 1. The standard InChI is InChI=1S/C13H12ClNO4/c1-3-19-13(18)7(2)15-10-8(11(16)12(15)17)5-4-6-9(10)14/h4-7H,3H2,1-2H3. The molecule has 19 heavy (non-hydrogen) atoms. The van der Waals surface area contributed by atoms with Gasteiger partial charge in [0, 0.05) is 0 Å². The van der Waals surface area contributed by atoms with Crippen molar-refractivity contribution in [1.82, 2.24) is 0 Å². The molecule has 1 aromatic rings. The zero-order valence-electron chi connectivity index (χ0n) is 10.5. The molecule has 0 saturated heterocycles. The first-order chi connectivity index (χ1) is 8.99. The van der Waals surface area contributed by atoms with Crippen molar-refractivity contribution in [2.45, 2.75) is 19.9 Å². The van der Waals surface area contributed by atoms with Crippen molar-refractivity contribution in [2.24, 2.45) is 0 Å². The summed E-state index contributed by atoms with van der Waals surface area (Å²) < 4.78 is 4.87. The van der Waals surface area contributed by atoms with Crippen LogP contribution in [-0.2, 0) is 14.3 Å². The topological polar surface area (TPSA) is 63.7 Å². The van der Waals surface area contributed by atoms with E-state index in [1.165, 1.54) is 13.0 Å². The van der Waals surface area contributed by atoms with E-state index in [0.29, 0.717) is 0 Å². The Balaban J connectivity index is 2.46. The Hall–Kier alpha value is -1.88. The maximum Gasteiger partial charge on any atom is 0.328 e. The van der Waals surface area contributed by atoms with Gasteiger partial charge in [-0.3, -0.25) is 14.5 Å². The Kier molecular flexibility index (Phi) is 3.57. The first-order valence-corrected chi connectivity index (χ1v) is 6.19. The first kappa shape index (κ1) is 13.5. The van der Waals surface area contributed by atoms with E-state index in [-0.39, 0.29) is 22.9 Å². The number of ether oxygens (including phenoxy) is 1. The summed E-state index contributed by atoms with van der Waals surface area (Å²) >= 11 is 6.02. The van der Waals surface area contributed by atoms with Crippen LogP contribution in [0.1, 0.15) is 24.2 Å². The fourth-order valence-corrected chi connectivity index (χ4v) is 2.27. The van der Waals surface area contributed by atoms with E-state index in [2.05, 4.69) is 0 Å². The van der Waals surface area contributed by atoms with E-state index in [4.69, 9.17) is 16.3 Å². The van der Waals surface area contributed by atoms with Gasteiger partial charge in [-0.25, -0.2) is 4.79 Å². The molecule has 0 aromatic heterocycles. The monoisotopic (exact) mass is 281 g/mol. The van der Waals surface area contributed by atoms with E-state index in [9.17, 15) is 14.4 Å². The van der Waals surface area contributed by atoms with Crippen molar-refractivity contribution >= 4 is 34.9 Å². The predicted molar refractivity (Wildman–Crippen MR) is 69.4 cm³/mol. The van der Waals surface area contributed by atoms with Crippen LogP contribution in [0.3, 0.4) is 0 Å². The molecule has 0 radical (unpaired) electrons. The molecule has 1 aliphatic heterocycles. The summed E-state index contributed by atoms with van der Waals surface area (Å²) in [6.45, 7) is 3.37. The number of fused-ring (bicyclic) bond motifs is 1. The highest BCUT2D eigenvalue weighted by atomic mass is 35.5. The Morgan fingerprint density at radius 1 is 1.42 bits per heavy atom. The largest absolute Gasteiger partial charge is 0.464 e. The molecule has 1 amide bonds. The van der Waals surface area contributed by atoms with Gasteiger partial charge >= 0.3 is 5.97 Å². The minimum atomic E-state index is -0.891. The predicted octanol–water partition coefficient (Wildman–Crippen LogP) is 1.82. The molecule has 0 spiro atoms. The summed E-state index contributed by atoms with van der Waals surface area (Å²) in [5.41, 5.74) is 0.494. The number of hydrogen-bond acceptors (Lipinski definition) is 4. The molecule has 0 bridgehead atoms. The number of rotatable bonds is 3. The van der Waals surface area contributed by atoms with Gasteiger partial charge < -0.3 is 4.74 Å². The summed E-state index contributed by atoms with van der Waals surface area (Å²) in [6.07, 6.45) is 0. The molecular weight excluding hydrogens is 270 g/mol. The number of hydrogen-bond donors (Lipinski definition) is 0. The third-order valence-corrected chi connectivity index (χ3v) is 3.21. The third kappa shape index (κ3) is 2.10. The number of carbonyl (C=O) groups excluding carboxylic acids is 3. The Morgan fingerprint density at radius 3 is 2.74 bits per heavy atom. The highest BCUT2D eigenvalue weighted by Crippen LogP contribution is 2.37. The van der Waals surface area contributed by atoms with E-state index in [1.807, 2.05) is 0 Å². The fraction of sp³-hybridized carbons (Fsp3) is 0.308. The molecule has 0 fully saturated rings. The summed E-state index contributed by atoms with van der Waals surface area (Å²) in [6, 6.07) is 3.78. The summed E-state index contributed by atoms with van der Waals surface area (Å²) in [5.74, 6) is -1.99. The van der Waals surface area contributed by atoms with Crippen molar-refractivity contribution in [3.63, 3.8) is 0 Å². The van der Waals surface area contributed by atoms with Gasteiger partial charge in [-0.15, -0.1) is 0 Å². The van der Waals surface area contributed by atoms with Crippen molar-refractivity contribution in [2.75, 3.05) is 11.5 Å². The number of esters is 1. The lowest BCUT2D eigenvalue weighted by Gasteiger charge is -2.23. The molecule has 0 aliphatic carbocycles. The van der Waals surface area contributed by atoms with Crippen LogP contribution in [0.4, 0.5) is 5.69 Å². The summed E-state index contributed by atoms with van der Waals surface area (Å²) in [5, 5.41) is 0.257. The molecule has 1 aliphatic rings. The molecule has 6 heteroatoms. The van der Waals surface area contributed by atoms with Gasteiger partial charge in [-0.1, -0.05) is 17.7 Å². The van der Waals surface area contributed by atoms with E-state index >= 15 is 0 Å². The molecule has 100 valence electrons. The minimum absolute atomic E-state index is 0.203. The molecule has 1 atom stereocenters. The second-order valence-electron chi connectivity index (χ2n) is 4.07. The van der Waals surface area contributed by atoms with Crippen LogP contribution in [0.25, 0.3) is 0 Å². The quantitative estimate of drug-likeness (QED) is 0.626. The van der Waals surface area contributed by atoms with Gasteiger partial charge in [0.1, 0.15) is 6.04 Å². The van der Waals surface area contributed by atoms with Crippen LogP contribution in [0.5, 0.6) is 0 Å². The number of Topliss-reactive ketones (excluding diaryl/α,β-unsaturated/α-hetero) is 1. The molecule has 5 nitrogen and oxygen atoms in total. The maximum absolute atomic E-state index is 12.0. The van der Waals surface area contributed by atoms with Crippen molar-refractivity contribution in [3.05, 3.63) is 28.8 Å². The average molecular weight is 282 g/mol. The Morgan fingerprint density at radius 2 is 2.11 bits per heavy atom. The number of carbonyl (C=O) groups is 3. The minimum Gasteiger partial charge on any atom is -0.464 e. The molecule has 2 rings (SSSR count). The number of ketones is 1. The summed E-state index contributed by atoms with van der Waals surface area (Å²) in [4.78, 5) is 36.6. The number of nitrogens with zero attached hydrogens (tertiary/aromatic N) is 1. The van der Waals surface area contributed by atoms with Crippen molar-refractivity contribution in [1.29, 1.82) is 0 Å². The normalized spacial score (nSPS) is 15.4. The van der Waals surface area contributed by atoms with E-state index in [1.54, 1.807) is 19.1 Å². The molecule has 0 saturated carbocycles. The van der Waals surface area contributed by atoms with Crippen LogP contribution in [-0.4, -0.2) is 30.3 Å². The third-order valence-electron chi connectivity index (χ3n) is 2.90. The van der Waals surface area contributed by atoms with Gasteiger partial charge in [0.25, 0.3) is 11.7 Å². The Labute approximate surface area is 115 Å². The second-order valence-corrected chi connectivity index (χ2v) is 4.48. The fourth-order valence-electron chi connectivity index (χ4n) is 2.01. The molecule has 1 heterocycles. The van der Waals surface area contributed by atoms with Crippen LogP contribution in [0.2, 0.25) is 5.02 Å². The van der Waals surface area contributed by atoms with Gasteiger partial charge in [-0.05, 0) is 26.0 Å². The second kappa shape index (κ2) is 5.01. The van der Waals surface area contributed by atoms with Crippen LogP contribution < -0.4 is 4.90 Å². The number of para-hydroxylation sites is 1. The lowest BCUT2D eigenvalue weighted by Crippen LogP contribution is -2.43. The zero-order valence-corrected chi connectivity index (χ0v) is 11.2. The lowest BCUT2D eigenvalue weighted by atomic mass is 10.1. The van der Waals surface area contributed by atoms with Crippen LogP contribution in [0, 0.1) is 0 Å². The SMILES string of the molecule is CCOC(=O)C(C)N1C(=O)C(=O)c2cccc(Cl)c21. The highest BCUT2D eigenvalue weighted by Gasteiger charge is 2.42. The number of benzene rings is 1. The van der Waals surface area contributed by atoms with E-state index in [0.717, 1.165) is 4.90 Å². The average Bonchev–Trinajstić information content (AvgIpc) is 2.64. The highest BCUT2D eigenvalue weighted by molar-refractivity contribution is 6.54. The smallest absolute Gasteiger partial charge is 0.328 e. The number of halogens is 1. The molecule has 1 unspecified atom stereocenters. The van der Waals surface area contributed by atoms with Crippen LogP contribution in [0.15, 0.2) is 18.2 Å². The van der Waals surface area contributed by atoms with Crippen LogP contribution >= 0.6 is 11.6 Å². The van der Waals surface area contributed by atoms with Crippen molar-refractivity contribution < 1.29 is 19.1 Å². The Bertz CT molecular complexity index is 570. The molecule has 0 N–H and O–H groups in total. The maximum atomic E-state index is 12.0. The van der Waals surface area contributed by atoms with Gasteiger partial charge in [0.15, 0.2) is 0 Å². The summed E-state index contributed by atoms with van der Waals surface area (Å²) in [7, 11) is 0. The number of amides is 1. The molecular formula is C13H12ClNO4.